The van der Waals surface area contributed by atoms with Gasteiger partial charge in [0.15, 0.2) is 5.11 Å². The smallest absolute Gasteiger partial charge is 0.246 e. The molecule has 1 aromatic heterocycles. The Morgan fingerprint density at radius 2 is 1.83 bits per heavy atom. The normalized spacial score (nSPS) is 10.4. The van der Waals surface area contributed by atoms with Gasteiger partial charge in [0, 0.05) is 20.7 Å². The fourth-order valence-corrected chi connectivity index (χ4v) is 2.49. The van der Waals surface area contributed by atoms with Gasteiger partial charge in [-0.2, -0.15) is 4.98 Å². The Hall–Kier alpha value is -1.96. The number of aromatic nitrogens is 2. The second-order valence-corrected chi connectivity index (χ2v) is 6.59. The Balaban J connectivity index is 1.56. The maximum atomic E-state index is 5.87. The molecule has 0 atom stereocenters. The summed E-state index contributed by atoms with van der Waals surface area (Å²) in [4.78, 5) is 4.32. The first-order valence-corrected chi connectivity index (χ1v) is 8.57. The number of nitrogens with zero attached hydrogens (tertiary/aromatic N) is 2. The maximum absolute atomic E-state index is 5.87. The lowest BCUT2D eigenvalue weighted by molar-refractivity contribution is 0.376. The van der Waals surface area contributed by atoms with E-state index in [4.69, 9.17) is 28.3 Å². The van der Waals surface area contributed by atoms with Crippen LogP contribution in [0, 0.1) is 0 Å². The summed E-state index contributed by atoms with van der Waals surface area (Å²) in [5.41, 5.74) is 1.73. The summed E-state index contributed by atoms with van der Waals surface area (Å²) in [5, 5.41) is 11.2. The van der Waals surface area contributed by atoms with Crippen LogP contribution in [0.2, 0.25) is 5.02 Å². The van der Waals surface area contributed by atoms with Crippen molar-refractivity contribution in [2.24, 2.45) is 0 Å². The second kappa shape index (κ2) is 7.74. The molecule has 2 N–H and O–H groups in total. The van der Waals surface area contributed by atoms with Crippen molar-refractivity contribution >= 4 is 50.5 Å². The monoisotopic (exact) mass is 422 g/mol. The van der Waals surface area contributed by atoms with Gasteiger partial charge in [0.1, 0.15) is 0 Å². The summed E-state index contributed by atoms with van der Waals surface area (Å²) in [6, 6.07) is 14.9. The number of thiocarbonyl (C=S) groups is 1. The molecule has 0 aliphatic rings. The average molecular weight is 424 g/mol. The zero-order chi connectivity index (χ0) is 16.9. The van der Waals surface area contributed by atoms with Crippen LogP contribution in [0.3, 0.4) is 0 Å². The number of rotatable bonds is 4. The third-order valence-corrected chi connectivity index (χ3v) is 4.10. The van der Waals surface area contributed by atoms with Crippen molar-refractivity contribution in [1.29, 1.82) is 0 Å². The summed E-state index contributed by atoms with van der Waals surface area (Å²) in [6.45, 7) is 0.336. The molecule has 24 heavy (non-hydrogen) atoms. The van der Waals surface area contributed by atoms with Gasteiger partial charge >= 0.3 is 0 Å². The zero-order valence-electron chi connectivity index (χ0n) is 12.3. The molecule has 2 aromatic carbocycles. The summed E-state index contributed by atoms with van der Waals surface area (Å²) in [5.74, 6) is 0.954. The molecule has 0 fully saturated rings. The summed E-state index contributed by atoms with van der Waals surface area (Å²) >= 11 is 14.5. The molecule has 5 nitrogen and oxygen atoms in total. The molecule has 0 unspecified atom stereocenters. The Bertz CT molecular complexity index is 836. The van der Waals surface area contributed by atoms with Crippen LogP contribution in [0.5, 0.6) is 0 Å². The molecule has 8 heteroatoms. The Morgan fingerprint density at radius 1 is 1.12 bits per heavy atom. The number of benzene rings is 2. The summed E-state index contributed by atoms with van der Waals surface area (Å²) in [6.07, 6.45) is 0. The van der Waals surface area contributed by atoms with Crippen molar-refractivity contribution in [3.8, 4) is 11.4 Å². The number of nitrogens with one attached hydrogen (secondary N) is 2. The molecule has 0 bridgehead atoms. The molecular formula is C16H12BrClN4OS. The van der Waals surface area contributed by atoms with Gasteiger partial charge in [-0.25, -0.2) is 0 Å². The standard InChI is InChI=1S/C16H12BrClN4OS/c17-11-3-7-13(8-4-11)20-16(24)19-9-14-21-15(22-23-14)10-1-5-12(18)6-2-10/h1-8H,9H2,(H2,19,20,24). The number of halogens is 2. The van der Waals surface area contributed by atoms with Gasteiger partial charge in [-0.15, -0.1) is 0 Å². The van der Waals surface area contributed by atoms with E-state index < -0.39 is 0 Å². The summed E-state index contributed by atoms with van der Waals surface area (Å²) in [7, 11) is 0. The molecule has 0 amide bonds. The van der Waals surface area contributed by atoms with E-state index in [0.717, 1.165) is 15.7 Å². The van der Waals surface area contributed by atoms with E-state index in [9.17, 15) is 0 Å². The van der Waals surface area contributed by atoms with Crippen molar-refractivity contribution in [2.75, 3.05) is 5.32 Å². The van der Waals surface area contributed by atoms with Crippen LogP contribution in [-0.4, -0.2) is 15.3 Å². The predicted molar refractivity (Wildman–Crippen MR) is 102 cm³/mol. The van der Waals surface area contributed by atoms with Gasteiger partial charge in [0.2, 0.25) is 11.7 Å². The van der Waals surface area contributed by atoms with Gasteiger partial charge in [-0.1, -0.05) is 32.7 Å². The first-order chi connectivity index (χ1) is 11.6. The van der Waals surface area contributed by atoms with Crippen molar-refractivity contribution < 1.29 is 4.52 Å². The van der Waals surface area contributed by atoms with E-state index in [1.165, 1.54) is 0 Å². The van der Waals surface area contributed by atoms with E-state index in [1.807, 2.05) is 36.4 Å². The topological polar surface area (TPSA) is 63.0 Å². The highest BCUT2D eigenvalue weighted by atomic mass is 79.9. The first kappa shape index (κ1) is 16.9. The van der Waals surface area contributed by atoms with Crippen LogP contribution in [0.15, 0.2) is 57.5 Å². The summed E-state index contributed by atoms with van der Waals surface area (Å²) < 4.78 is 6.22. The van der Waals surface area contributed by atoms with E-state index in [1.54, 1.807) is 12.1 Å². The molecule has 3 rings (SSSR count). The van der Waals surface area contributed by atoms with Crippen LogP contribution in [-0.2, 0) is 6.54 Å². The molecule has 1 heterocycles. The van der Waals surface area contributed by atoms with Crippen LogP contribution in [0.1, 0.15) is 5.89 Å². The number of hydrogen-bond donors (Lipinski definition) is 2. The molecule has 3 aromatic rings. The lowest BCUT2D eigenvalue weighted by Gasteiger charge is -2.08. The fourth-order valence-electron chi connectivity index (χ4n) is 1.91. The van der Waals surface area contributed by atoms with E-state index in [2.05, 4.69) is 36.7 Å². The van der Waals surface area contributed by atoms with Crippen molar-refractivity contribution in [3.05, 3.63) is 63.9 Å². The Kier molecular flexibility index (Phi) is 5.44. The van der Waals surface area contributed by atoms with Gasteiger partial charge in [-0.3, -0.25) is 0 Å². The lowest BCUT2D eigenvalue weighted by atomic mass is 10.2. The second-order valence-electron chi connectivity index (χ2n) is 4.83. The quantitative estimate of drug-likeness (QED) is 0.596. The highest BCUT2D eigenvalue weighted by Crippen LogP contribution is 2.18. The van der Waals surface area contributed by atoms with Crippen LogP contribution < -0.4 is 10.6 Å². The van der Waals surface area contributed by atoms with Gasteiger partial charge in [0.25, 0.3) is 0 Å². The minimum absolute atomic E-state index is 0.336. The Morgan fingerprint density at radius 3 is 2.54 bits per heavy atom. The first-order valence-electron chi connectivity index (χ1n) is 6.99. The van der Waals surface area contributed by atoms with E-state index in [0.29, 0.717) is 28.4 Å². The molecule has 0 radical (unpaired) electrons. The molecule has 0 aliphatic carbocycles. The van der Waals surface area contributed by atoms with Crippen LogP contribution in [0.4, 0.5) is 5.69 Å². The van der Waals surface area contributed by atoms with Gasteiger partial charge in [0.05, 0.1) is 6.54 Å². The zero-order valence-corrected chi connectivity index (χ0v) is 15.5. The predicted octanol–water partition coefficient (Wildman–Crippen LogP) is 4.64. The largest absolute Gasteiger partial charge is 0.353 e. The highest BCUT2D eigenvalue weighted by Gasteiger charge is 2.09. The van der Waals surface area contributed by atoms with Gasteiger partial charge in [-0.05, 0) is 60.7 Å². The van der Waals surface area contributed by atoms with Crippen LogP contribution in [0.25, 0.3) is 11.4 Å². The fraction of sp³-hybridized carbons (Fsp3) is 0.0625. The molecular weight excluding hydrogens is 412 g/mol. The third kappa shape index (κ3) is 4.53. The maximum Gasteiger partial charge on any atom is 0.246 e. The SMILES string of the molecule is S=C(NCc1nc(-c2ccc(Cl)cc2)no1)Nc1ccc(Br)cc1. The number of hydrogen-bond acceptors (Lipinski definition) is 4. The minimum Gasteiger partial charge on any atom is -0.353 e. The Labute approximate surface area is 157 Å². The van der Waals surface area contributed by atoms with E-state index >= 15 is 0 Å². The lowest BCUT2D eigenvalue weighted by Crippen LogP contribution is -2.27. The highest BCUT2D eigenvalue weighted by molar-refractivity contribution is 9.10. The molecule has 122 valence electrons. The average Bonchev–Trinajstić information content (AvgIpc) is 3.05. The van der Waals surface area contributed by atoms with Crippen molar-refractivity contribution in [3.63, 3.8) is 0 Å². The van der Waals surface area contributed by atoms with Crippen LogP contribution >= 0.6 is 39.7 Å². The van der Waals surface area contributed by atoms with Crippen molar-refractivity contribution in [2.45, 2.75) is 6.54 Å². The molecule has 0 spiro atoms. The third-order valence-electron chi connectivity index (χ3n) is 3.07. The molecule has 0 saturated heterocycles. The van der Waals surface area contributed by atoms with Gasteiger partial charge < -0.3 is 15.2 Å². The van der Waals surface area contributed by atoms with E-state index in [-0.39, 0.29) is 0 Å². The van der Waals surface area contributed by atoms with Crippen molar-refractivity contribution in [1.82, 2.24) is 15.5 Å². The molecule has 0 saturated carbocycles. The number of anilines is 1. The molecule has 0 aliphatic heterocycles. The minimum atomic E-state index is 0.336.